The summed E-state index contributed by atoms with van der Waals surface area (Å²) in [6.45, 7) is 7.16. The Morgan fingerprint density at radius 1 is 1.00 bits per heavy atom. The third-order valence-corrected chi connectivity index (χ3v) is 4.92. The number of carbonyl (C=O) groups excluding carboxylic acids is 1. The molecule has 136 valence electrons. The molecule has 1 aromatic heterocycles. The van der Waals surface area contributed by atoms with Crippen LogP contribution in [0.3, 0.4) is 0 Å². The number of benzene rings is 2. The molecule has 1 N–H and O–H groups in total. The number of hydrogen-bond donors (Lipinski definition) is 1. The molecule has 2 heterocycles. The number of hydrogen-bond acceptors (Lipinski definition) is 3. The van der Waals surface area contributed by atoms with Crippen LogP contribution in [-0.4, -0.2) is 10.9 Å². The van der Waals surface area contributed by atoms with E-state index in [0.717, 1.165) is 28.2 Å². The molecular formula is C23H23N3O. The van der Waals surface area contributed by atoms with Gasteiger partial charge in [0.25, 0.3) is 5.91 Å². The van der Waals surface area contributed by atoms with Crippen LogP contribution in [0.2, 0.25) is 0 Å². The molecule has 1 aliphatic heterocycles. The molecule has 0 radical (unpaired) electrons. The molecule has 0 aliphatic carbocycles. The van der Waals surface area contributed by atoms with E-state index in [1.54, 1.807) is 12.4 Å². The minimum atomic E-state index is 0.0282. The van der Waals surface area contributed by atoms with Crippen LogP contribution < -0.4 is 10.2 Å². The molecule has 0 atom stereocenters. The SMILES string of the molecule is CC(C)(C)c1ccc(N2Cc3cccc(Nc4cccnc4)c3C2=O)cc1. The monoisotopic (exact) mass is 357 g/mol. The van der Waals surface area contributed by atoms with Crippen molar-refractivity contribution in [1.82, 2.24) is 4.98 Å². The van der Waals surface area contributed by atoms with E-state index in [0.29, 0.717) is 6.54 Å². The Morgan fingerprint density at radius 2 is 1.78 bits per heavy atom. The molecule has 0 saturated carbocycles. The maximum absolute atomic E-state index is 13.2. The van der Waals surface area contributed by atoms with E-state index >= 15 is 0 Å². The largest absolute Gasteiger partial charge is 0.354 e. The van der Waals surface area contributed by atoms with Crippen LogP contribution >= 0.6 is 0 Å². The summed E-state index contributed by atoms with van der Waals surface area (Å²) in [5, 5.41) is 3.33. The van der Waals surface area contributed by atoms with Gasteiger partial charge in [0.2, 0.25) is 0 Å². The van der Waals surface area contributed by atoms with E-state index in [-0.39, 0.29) is 11.3 Å². The molecule has 1 aliphatic rings. The third-order valence-electron chi connectivity index (χ3n) is 4.92. The highest BCUT2D eigenvalue weighted by molar-refractivity contribution is 6.13. The molecule has 0 bridgehead atoms. The maximum atomic E-state index is 13.2. The molecule has 27 heavy (non-hydrogen) atoms. The van der Waals surface area contributed by atoms with Gasteiger partial charge in [-0.3, -0.25) is 9.78 Å². The van der Waals surface area contributed by atoms with Crippen molar-refractivity contribution in [2.45, 2.75) is 32.7 Å². The van der Waals surface area contributed by atoms with Gasteiger partial charge in [-0.15, -0.1) is 0 Å². The number of fused-ring (bicyclic) bond motifs is 1. The molecule has 4 nitrogen and oxygen atoms in total. The van der Waals surface area contributed by atoms with E-state index in [2.05, 4.69) is 43.2 Å². The maximum Gasteiger partial charge on any atom is 0.261 e. The van der Waals surface area contributed by atoms with Crippen LogP contribution in [0, 0.1) is 0 Å². The standard InChI is InChI=1S/C23H23N3O/c1-23(2,3)17-9-11-19(12-10-17)26-15-16-6-4-8-20(21(16)22(26)27)25-18-7-5-13-24-14-18/h4-14,25H,15H2,1-3H3. The first-order valence-corrected chi connectivity index (χ1v) is 9.15. The van der Waals surface area contributed by atoms with Gasteiger partial charge in [-0.25, -0.2) is 0 Å². The highest BCUT2D eigenvalue weighted by Gasteiger charge is 2.31. The number of rotatable bonds is 3. The van der Waals surface area contributed by atoms with E-state index < -0.39 is 0 Å². The third kappa shape index (κ3) is 3.31. The fraction of sp³-hybridized carbons (Fsp3) is 0.217. The lowest BCUT2D eigenvalue weighted by Gasteiger charge is -2.21. The van der Waals surface area contributed by atoms with Crippen molar-refractivity contribution in [1.29, 1.82) is 0 Å². The summed E-state index contributed by atoms with van der Waals surface area (Å²) in [6.07, 6.45) is 3.48. The predicted molar refractivity (Wildman–Crippen MR) is 110 cm³/mol. The van der Waals surface area contributed by atoms with Crippen LogP contribution in [0.25, 0.3) is 0 Å². The lowest BCUT2D eigenvalue weighted by Crippen LogP contribution is -2.23. The topological polar surface area (TPSA) is 45.2 Å². The second-order valence-electron chi connectivity index (χ2n) is 7.89. The van der Waals surface area contributed by atoms with Crippen LogP contribution in [0.5, 0.6) is 0 Å². The van der Waals surface area contributed by atoms with Crippen LogP contribution in [0.15, 0.2) is 67.0 Å². The van der Waals surface area contributed by atoms with Gasteiger partial charge in [-0.1, -0.05) is 45.0 Å². The van der Waals surface area contributed by atoms with Crippen molar-refractivity contribution in [3.8, 4) is 0 Å². The molecular weight excluding hydrogens is 334 g/mol. The van der Waals surface area contributed by atoms with Crippen molar-refractivity contribution in [2.24, 2.45) is 0 Å². The van der Waals surface area contributed by atoms with Gasteiger partial charge in [0.1, 0.15) is 0 Å². The normalized spacial score (nSPS) is 13.6. The minimum absolute atomic E-state index is 0.0282. The lowest BCUT2D eigenvalue weighted by atomic mass is 9.87. The van der Waals surface area contributed by atoms with E-state index in [4.69, 9.17) is 0 Å². The summed E-state index contributed by atoms with van der Waals surface area (Å²) in [4.78, 5) is 19.1. The molecule has 4 rings (SSSR count). The Kier molecular flexibility index (Phi) is 4.19. The second kappa shape index (κ2) is 6.54. The van der Waals surface area contributed by atoms with Gasteiger partial charge in [0.05, 0.1) is 29.7 Å². The van der Waals surface area contributed by atoms with Crippen molar-refractivity contribution in [3.05, 3.63) is 83.7 Å². The first-order chi connectivity index (χ1) is 12.9. The molecule has 1 amide bonds. The van der Waals surface area contributed by atoms with Gasteiger partial charge in [0, 0.05) is 11.9 Å². The second-order valence-corrected chi connectivity index (χ2v) is 7.89. The summed E-state index contributed by atoms with van der Waals surface area (Å²) in [5.41, 5.74) is 5.74. The number of anilines is 3. The van der Waals surface area contributed by atoms with Gasteiger partial charge in [-0.05, 0) is 46.9 Å². The summed E-state index contributed by atoms with van der Waals surface area (Å²) in [6, 6.07) is 18.1. The molecule has 4 heteroatoms. The predicted octanol–water partition coefficient (Wildman–Crippen LogP) is 5.28. The lowest BCUT2D eigenvalue weighted by molar-refractivity contribution is 0.0997. The number of nitrogens with zero attached hydrogens (tertiary/aromatic N) is 2. The highest BCUT2D eigenvalue weighted by Crippen LogP contribution is 2.34. The Bertz CT molecular complexity index is 973. The van der Waals surface area contributed by atoms with Crippen molar-refractivity contribution < 1.29 is 4.79 Å². The fourth-order valence-electron chi connectivity index (χ4n) is 3.41. The van der Waals surface area contributed by atoms with Gasteiger partial charge in [-0.2, -0.15) is 0 Å². The van der Waals surface area contributed by atoms with Crippen molar-refractivity contribution >= 4 is 23.0 Å². The Hall–Kier alpha value is -3.14. The average Bonchev–Trinajstić information content (AvgIpc) is 3.00. The van der Waals surface area contributed by atoms with Crippen LogP contribution in [-0.2, 0) is 12.0 Å². The Morgan fingerprint density at radius 3 is 2.44 bits per heavy atom. The molecule has 0 fully saturated rings. The highest BCUT2D eigenvalue weighted by atomic mass is 16.2. The number of nitrogens with one attached hydrogen (secondary N) is 1. The number of pyridine rings is 1. The quantitative estimate of drug-likeness (QED) is 0.693. The summed E-state index contributed by atoms with van der Waals surface area (Å²) in [7, 11) is 0. The van der Waals surface area contributed by atoms with E-state index in [9.17, 15) is 4.79 Å². The minimum Gasteiger partial charge on any atom is -0.354 e. The fourth-order valence-corrected chi connectivity index (χ4v) is 3.41. The summed E-state index contributed by atoms with van der Waals surface area (Å²) >= 11 is 0. The van der Waals surface area contributed by atoms with Crippen molar-refractivity contribution in [3.63, 3.8) is 0 Å². The van der Waals surface area contributed by atoms with Crippen LogP contribution in [0.1, 0.15) is 42.3 Å². The van der Waals surface area contributed by atoms with Gasteiger partial charge >= 0.3 is 0 Å². The number of amides is 1. The zero-order chi connectivity index (χ0) is 19.0. The first-order valence-electron chi connectivity index (χ1n) is 9.15. The number of aromatic nitrogens is 1. The van der Waals surface area contributed by atoms with Gasteiger partial charge in [0.15, 0.2) is 0 Å². The summed E-state index contributed by atoms with van der Waals surface area (Å²) in [5.74, 6) is 0.0282. The molecule has 0 unspecified atom stereocenters. The Balaban J connectivity index is 1.64. The molecule has 2 aromatic carbocycles. The zero-order valence-electron chi connectivity index (χ0n) is 15.9. The van der Waals surface area contributed by atoms with Crippen LogP contribution in [0.4, 0.5) is 17.1 Å². The zero-order valence-corrected chi connectivity index (χ0v) is 15.9. The molecule has 0 saturated heterocycles. The molecule has 0 spiro atoms. The van der Waals surface area contributed by atoms with Gasteiger partial charge < -0.3 is 10.2 Å². The average molecular weight is 357 g/mol. The summed E-state index contributed by atoms with van der Waals surface area (Å²) < 4.78 is 0. The Labute approximate surface area is 159 Å². The van der Waals surface area contributed by atoms with E-state index in [1.165, 1.54) is 5.56 Å². The van der Waals surface area contributed by atoms with Crippen molar-refractivity contribution in [2.75, 3.05) is 10.2 Å². The molecule has 3 aromatic rings. The van der Waals surface area contributed by atoms with E-state index in [1.807, 2.05) is 47.4 Å². The number of carbonyl (C=O) groups is 1. The smallest absolute Gasteiger partial charge is 0.261 e. The first kappa shape index (κ1) is 17.3.